The number of rotatable bonds is 7. The third-order valence-electron chi connectivity index (χ3n) is 7.50. The van der Waals surface area contributed by atoms with Crippen molar-refractivity contribution in [2.24, 2.45) is 17.3 Å². The zero-order valence-electron chi connectivity index (χ0n) is 20.3. The smallest absolute Gasteiger partial charge is 0.250 e. The number of nitrogens with zero attached hydrogens (tertiary/aromatic N) is 1. The summed E-state index contributed by atoms with van der Waals surface area (Å²) in [5.74, 6) is 0.727. The minimum Gasteiger partial charge on any atom is -0.467 e. The van der Waals surface area contributed by atoms with Gasteiger partial charge in [-0.15, -0.1) is 0 Å². The first-order valence-corrected chi connectivity index (χ1v) is 12.1. The van der Waals surface area contributed by atoms with E-state index in [4.69, 9.17) is 4.42 Å². The minimum atomic E-state index is -0.883. The molecule has 1 aromatic carbocycles. The van der Waals surface area contributed by atoms with Crippen LogP contribution in [0.15, 0.2) is 64.8 Å². The lowest BCUT2D eigenvalue weighted by molar-refractivity contribution is -0.151. The Morgan fingerprint density at radius 1 is 1.06 bits per heavy atom. The molecular weight excluding hydrogens is 412 g/mol. The van der Waals surface area contributed by atoms with E-state index < -0.39 is 5.54 Å². The van der Waals surface area contributed by atoms with Gasteiger partial charge in [0, 0.05) is 5.69 Å². The average Bonchev–Trinajstić information content (AvgIpc) is 3.11. The molecule has 0 saturated heterocycles. The van der Waals surface area contributed by atoms with E-state index in [0.29, 0.717) is 25.1 Å². The monoisotopic (exact) mass is 448 g/mol. The molecule has 2 aliphatic carbocycles. The number of amides is 2. The van der Waals surface area contributed by atoms with Gasteiger partial charge in [-0.05, 0) is 62.3 Å². The fourth-order valence-electron chi connectivity index (χ4n) is 5.51. The fraction of sp³-hybridized carbons (Fsp3) is 0.500. The van der Waals surface area contributed by atoms with Crippen LogP contribution >= 0.6 is 0 Å². The molecule has 0 radical (unpaired) electrons. The van der Waals surface area contributed by atoms with Crippen molar-refractivity contribution in [1.82, 2.24) is 4.90 Å². The molecule has 0 aliphatic heterocycles. The number of anilines is 1. The predicted octanol–water partition coefficient (Wildman–Crippen LogP) is 6.19. The number of carbonyl (C=O) groups excluding carboxylic acids is 2. The molecular formula is C28H36N2O3. The summed E-state index contributed by atoms with van der Waals surface area (Å²) in [6.45, 7) is 8.77. The molecule has 0 unspecified atom stereocenters. The Hall–Kier alpha value is -2.82. The van der Waals surface area contributed by atoms with E-state index in [1.807, 2.05) is 47.4 Å². The van der Waals surface area contributed by atoms with Crippen LogP contribution in [0.2, 0.25) is 0 Å². The summed E-state index contributed by atoms with van der Waals surface area (Å²) in [5.41, 5.74) is 0.968. The van der Waals surface area contributed by atoms with Gasteiger partial charge >= 0.3 is 0 Å². The van der Waals surface area contributed by atoms with E-state index >= 15 is 0 Å². The second-order valence-corrected chi connectivity index (χ2v) is 10.5. The van der Waals surface area contributed by atoms with E-state index in [1.54, 1.807) is 6.26 Å². The number of hydrogen-bond donors (Lipinski definition) is 1. The molecule has 1 heterocycles. The third kappa shape index (κ3) is 4.64. The number of benzene rings is 1. The lowest BCUT2D eigenvalue weighted by Gasteiger charge is -2.45. The fourth-order valence-corrected chi connectivity index (χ4v) is 5.51. The molecule has 1 N–H and O–H groups in total. The summed E-state index contributed by atoms with van der Waals surface area (Å²) < 4.78 is 5.65. The van der Waals surface area contributed by atoms with Crippen LogP contribution in [0.1, 0.15) is 65.6 Å². The molecule has 2 atom stereocenters. The highest BCUT2D eigenvalue weighted by Crippen LogP contribution is 2.60. The number of carbonyl (C=O) groups is 2. The molecule has 2 amide bonds. The van der Waals surface area contributed by atoms with Gasteiger partial charge in [-0.25, -0.2) is 0 Å². The molecule has 2 aliphatic rings. The van der Waals surface area contributed by atoms with Gasteiger partial charge in [0.05, 0.1) is 18.7 Å². The lowest BCUT2D eigenvalue weighted by atomic mass is 9.78. The Kier molecular flexibility index (Phi) is 6.51. The highest BCUT2D eigenvalue weighted by atomic mass is 16.3. The van der Waals surface area contributed by atoms with Crippen LogP contribution < -0.4 is 5.32 Å². The van der Waals surface area contributed by atoms with Gasteiger partial charge in [0.15, 0.2) is 0 Å². The van der Waals surface area contributed by atoms with E-state index in [2.05, 4.69) is 39.1 Å². The third-order valence-corrected chi connectivity index (χ3v) is 7.50. The van der Waals surface area contributed by atoms with E-state index in [0.717, 1.165) is 24.9 Å². The van der Waals surface area contributed by atoms with Gasteiger partial charge in [-0.2, -0.15) is 0 Å². The highest BCUT2D eigenvalue weighted by Gasteiger charge is 2.63. The first-order valence-electron chi connectivity index (χ1n) is 12.1. The largest absolute Gasteiger partial charge is 0.467 e. The number of nitrogens with one attached hydrogen (secondary N) is 1. The molecule has 5 heteroatoms. The Morgan fingerprint density at radius 3 is 2.36 bits per heavy atom. The summed E-state index contributed by atoms with van der Waals surface area (Å²) in [4.78, 5) is 29.9. The summed E-state index contributed by atoms with van der Waals surface area (Å²) in [6.07, 6.45) is 8.11. The summed E-state index contributed by atoms with van der Waals surface area (Å²) in [7, 11) is 0. The number of furan rings is 1. The van der Waals surface area contributed by atoms with Gasteiger partial charge in [0.25, 0.3) is 0 Å². The molecule has 2 saturated carbocycles. The quantitative estimate of drug-likeness (QED) is 0.514. The normalized spacial score (nSPS) is 22.8. The zero-order chi connectivity index (χ0) is 23.6. The first-order chi connectivity index (χ1) is 15.8. The van der Waals surface area contributed by atoms with Crippen molar-refractivity contribution < 1.29 is 14.0 Å². The molecule has 176 valence electrons. The van der Waals surface area contributed by atoms with Crippen LogP contribution in [0.25, 0.3) is 0 Å². The molecule has 5 nitrogen and oxygen atoms in total. The van der Waals surface area contributed by atoms with Gasteiger partial charge in [-0.3, -0.25) is 9.59 Å². The first kappa shape index (κ1) is 23.3. The predicted molar refractivity (Wildman–Crippen MR) is 130 cm³/mol. The minimum absolute atomic E-state index is 0.0593. The SMILES string of the molecule is CC(C)=C[C@@H]1[C@H](C(=O)N(Cc2ccco2)C2(C(=O)Nc3ccccc3)CCCCC2)C1(C)C. The van der Waals surface area contributed by atoms with Crippen molar-refractivity contribution in [1.29, 1.82) is 0 Å². The van der Waals surface area contributed by atoms with Crippen molar-refractivity contribution in [3.8, 4) is 0 Å². The molecule has 2 fully saturated rings. The standard InChI is InChI=1S/C28H36N2O3/c1-20(2)18-23-24(27(23,3)4)25(31)30(19-22-14-11-17-33-22)28(15-9-6-10-16-28)26(32)29-21-12-7-5-8-13-21/h5,7-8,11-14,17-18,23-24H,6,9-10,15-16,19H2,1-4H3,(H,29,32)/t23-,24-/m1/s1. The maximum absolute atomic E-state index is 14.2. The van der Waals surface area contributed by atoms with Gasteiger partial charge in [0.1, 0.15) is 11.3 Å². The Balaban J connectivity index is 1.71. The number of para-hydroxylation sites is 1. The van der Waals surface area contributed by atoms with Crippen molar-refractivity contribution >= 4 is 17.5 Å². The topological polar surface area (TPSA) is 62.6 Å². The van der Waals surface area contributed by atoms with Crippen LogP contribution in [-0.4, -0.2) is 22.3 Å². The lowest BCUT2D eigenvalue weighted by Crippen LogP contribution is -2.60. The van der Waals surface area contributed by atoms with Gasteiger partial charge in [0.2, 0.25) is 11.8 Å². The van der Waals surface area contributed by atoms with E-state index in [1.165, 1.54) is 5.57 Å². The molecule has 0 spiro atoms. The Labute approximate surface area is 197 Å². The van der Waals surface area contributed by atoms with Crippen molar-refractivity contribution in [2.45, 2.75) is 71.9 Å². The Morgan fingerprint density at radius 2 is 1.76 bits per heavy atom. The molecule has 4 rings (SSSR count). The van der Waals surface area contributed by atoms with Crippen molar-refractivity contribution in [3.63, 3.8) is 0 Å². The van der Waals surface area contributed by atoms with Crippen molar-refractivity contribution in [3.05, 3.63) is 66.1 Å². The van der Waals surface area contributed by atoms with Crippen molar-refractivity contribution in [2.75, 3.05) is 5.32 Å². The van der Waals surface area contributed by atoms with Gasteiger partial charge < -0.3 is 14.6 Å². The Bertz CT molecular complexity index is 997. The van der Waals surface area contributed by atoms with Gasteiger partial charge in [-0.1, -0.05) is 63.0 Å². The molecule has 2 aromatic rings. The highest BCUT2D eigenvalue weighted by molar-refractivity contribution is 6.01. The number of hydrogen-bond acceptors (Lipinski definition) is 3. The second-order valence-electron chi connectivity index (χ2n) is 10.5. The summed E-state index contributed by atoms with van der Waals surface area (Å²) in [6, 6.07) is 13.2. The average molecular weight is 449 g/mol. The summed E-state index contributed by atoms with van der Waals surface area (Å²) >= 11 is 0. The van der Waals surface area contributed by atoms with E-state index in [9.17, 15) is 9.59 Å². The van der Waals surface area contributed by atoms with Crippen LogP contribution in [0.5, 0.6) is 0 Å². The van der Waals surface area contributed by atoms with Crippen LogP contribution in [-0.2, 0) is 16.1 Å². The van der Waals surface area contributed by atoms with E-state index in [-0.39, 0.29) is 29.1 Å². The molecule has 33 heavy (non-hydrogen) atoms. The zero-order valence-corrected chi connectivity index (χ0v) is 20.3. The molecule has 1 aromatic heterocycles. The van der Waals surface area contributed by atoms with Crippen LogP contribution in [0, 0.1) is 17.3 Å². The maximum Gasteiger partial charge on any atom is 0.250 e. The maximum atomic E-state index is 14.2. The number of allylic oxidation sites excluding steroid dienone is 2. The van der Waals surface area contributed by atoms with Crippen LogP contribution in [0.3, 0.4) is 0 Å². The molecule has 0 bridgehead atoms. The second kappa shape index (κ2) is 9.20. The van der Waals surface area contributed by atoms with Crippen LogP contribution in [0.4, 0.5) is 5.69 Å². The summed E-state index contributed by atoms with van der Waals surface area (Å²) in [5, 5.41) is 3.12.